The van der Waals surface area contributed by atoms with E-state index in [-0.39, 0.29) is 6.67 Å². The predicted octanol–water partition coefficient (Wildman–Crippen LogP) is 2.70. The predicted molar refractivity (Wildman–Crippen MR) is 77.5 cm³/mol. The van der Waals surface area contributed by atoms with Crippen LogP contribution in [0, 0.1) is 11.8 Å². The Morgan fingerprint density at radius 2 is 2.35 bits per heavy atom. The van der Waals surface area contributed by atoms with Crippen molar-refractivity contribution in [1.29, 1.82) is 0 Å². The standard InChI is InChI=1S/C16H21FN2O/c17-8-4-2-1-3-6-14-10-16(12-18-11-14)20-13-15-7-5-9-19-15/h10-12,15,19H,1-2,4-5,7-9,13H2/t15-/m0/s1. The number of ether oxygens (including phenoxy) is 1. The van der Waals surface area contributed by atoms with E-state index in [1.165, 1.54) is 12.8 Å². The van der Waals surface area contributed by atoms with Crippen LogP contribution in [0.2, 0.25) is 0 Å². The zero-order valence-electron chi connectivity index (χ0n) is 11.7. The highest BCUT2D eigenvalue weighted by Gasteiger charge is 2.14. The van der Waals surface area contributed by atoms with Gasteiger partial charge in [-0.05, 0) is 38.3 Å². The summed E-state index contributed by atoms with van der Waals surface area (Å²) in [5.74, 6) is 6.84. The summed E-state index contributed by atoms with van der Waals surface area (Å²) in [6.45, 7) is 1.49. The summed E-state index contributed by atoms with van der Waals surface area (Å²) in [7, 11) is 0. The van der Waals surface area contributed by atoms with Gasteiger partial charge in [0, 0.05) is 24.2 Å². The molecule has 2 heterocycles. The van der Waals surface area contributed by atoms with Crippen LogP contribution in [0.25, 0.3) is 0 Å². The highest BCUT2D eigenvalue weighted by Crippen LogP contribution is 2.13. The van der Waals surface area contributed by atoms with Gasteiger partial charge in [0.25, 0.3) is 0 Å². The molecule has 1 aliphatic rings. The lowest BCUT2D eigenvalue weighted by atomic mass is 10.2. The number of hydrogen-bond donors (Lipinski definition) is 1. The van der Waals surface area contributed by atoms with Gasteiger partial charge in [0.2, 0.25) is 0 Å². The number of alkyl halides is 1. The van der Waals surface area contributed by atoms with Gasteiger partial charge in [-0.15, -0.1) is 0 Å². The molecule has 0 radical (unpaired) electrons. The van der Waals surface area contributed by atoms with Crippen molar-refractivity contribution in [3.05, 3.63) is 24.0 Å². The average molecular weight is 276 g/mol. The molecule has 1 aromatic rings. The SMILES string of the molecule is FCCCCC#Cc1cncc(OC[C@@H]2CCCN2)c1. The molecule has 1 aromatic heterocycles. The molecule has 1 N–H and O–H groups in total. The number of halogens is 1. The minimum Gasteiger partial charge on any atom is -0.490 e. The van der Waals surface area contributed by atoms with Crippen molar-refractivity contribution < 1.29 is 9.13 Å². The fourth-order valence-electron chi connectivity index (χ4n) is 2.13. The summed E-state index contributed by atoms with van der Waals surface area (Å²) >= 11 is 0. The maximum Gasteiger partial charge on any atom is 0.138 e. The summed E-state index contributed by atoms with van der Waals surface area (Å²) < 4.78 is 17.7. The highest BCUT2D eigenvalue weighted by atomic mass is 19.1. The molecule has 0 spiro atoms. The molecular formula is C16H21FN2O. The van der Waals surface area contributed by atoms with E-state index in [2.05, 4.69) is 22.1 Å². The van der Waals surface area contributed by atoms with Gasteiger partial charge < -0.3 is 10.1 Å². The summed E-state index contributed by atoms with van der Waals surface area (Å²) in [5.41, 5.74) is 0.849. The lowest BCUT2D eigenvalue weighted by Crippen LogP contribution is -2.28. The number of nitrogens with one attached hydrogen (secondary N) is 1. The van der Waals surface area contributed by atoms with Crippen LogP contribution in [0.1, 0.15) is 37.7 Å². The summed E-state index contributed by atoms with van der Waals surface area (Å²) in [6.07, 6.45) is 7.94. The molecule has 0 saturated carbocycles. The molecule has 1 saturated heterocycles. The zero-order valence-corrected chi connectivity index (χ0v) is 11.7. The summed E-state index contributed by atoms with van der Waals surface area (Å²) in [6, 6.07) is 2.36. The minimum atomic E-state index is -0.262. The molecule has 0 aliphatic carbocycles. The first-order valence-corrected chi connectivity index (χ1v) is 7.24. The average Bonchev–Trinajstić information content (AvgIpc) is 2.99. The summed E-state index contributed by atoms with van der Waals surface area (Å²) in [5, 5.41) is 3.39. The Bertz CT molecular complexity index is 461. The number of pyridine rings is 1. The molecule has 1 atom stereocenters. The quantitative estimate of drug-likeness (QED) is 0.641. The molecule has 1 fully saturated rings. The normalized spacial score (nSPS) is 17.6. The zero-order chi connectivity index (χ0) is 14.0. The molecule has 0 unspecified atom stereocenters. The number of nitrogens with zero attached hydrogens (tertiary/aromatic N) is 1. The van der Waals surface area contributed by atoms with Crippen molar-refractivity contribution in [3.63, 3.8) is 0 Å². The van der Waals surface area contributed by atoms with E-state index in [1.807, 2.05) is 6.07 Å². The fourth-order valence-corrected chi connectivity index (χ4v) is 2.13. The van der Waals surface area contributed by atoms with Gasteiger partial charge in [0.1, 0.15) is 12.4 Å². The van der Waals surface area contributed by atoms with Crippen LogP contribution in [0.4, 0.5) is 4.39 Å². The van der Waals surface area contributed by atoms with Gasteiger partial charge in [-0.25, -0.2) is 0 Å². The monoisotopic (exact) mass is 276 g/mol. The minimum absolute atomic E-state index is 0.262. The Morgan fingerprint density at radius 1 is 1.40 bits per heavy atom. The van der Waals surface area contributed by atoms with Crippen molar-refractivity contribution in [2.45, 2.75) is 38.1 Å². The fraction of sp³-hybridized carbons (Fsp3) is 0.562. The van der Waals surface area contributed by atoms with Crippen LogP contribution in [-0.4, -0.2) is 30.9 Å². The molecule has 0 amide bonds. The van der Waals surface area contributed by atoms with Gasteiger partial charge in [-0.3, -0.25) is 9.37 Å². The number of aromatic nitrogens is 1. The molecule has 20 heavy (non-hydrogen) atoms. The van der Waals surface area contributed by atoms with E-state index in [0.717, 1.165) is 30.7 Å². The van der Waals surface area contributed by atoms with E-state index >= 15 is 0 Å². The van der Waals surface area contributed by atoms with E-state index < -0.39 is 0 Å². The lowest BCUT2D eigenvalue weighted by Gasteiger charge is -2.11. The Hall–Kier alpha value is -1.60. The first-order chi connectivity index (χ1) is 9.88. The molecular weight excluding hydrogens is 255 g/mol. The van der Waals surface area contributed by atoms with Gasteiger partial charge in [-0.2, -0.15) is 0 Å². The first kappa shape index (κ1) is 14.8. The molecule has 1 aliphatic heterocycles. The third-order valence-electron chi connectivity index (χ3n) is 3.24. The van der Waals surface area contributed by atoms with Crippen molar-refractivity contribution in [2.75, 3.05) is 19.8 Å². The van der Waals surface area contributed by atoms with Crippen LogP contribution in [0.3, 0.4) is 0 Å². The van der Waals surface area contributed by atoms with E-state index in [1.54, 1.807) is 12.4 Å². The largest absolute Gasteiger partial charge is 0.490 e. The van der Waals surface area contributed by atoms with Crippen LogP contribution < -0.4 is 10.1 Å². The third-order valence-corrected chi connectivity index (χ3v) is 3.24. The van der Waals surface area contributed by atoms with Crippen molar-refractivity contribution in [3.8, 4) is 17.6 Å². The smallest absolute Gasteiger partial charge is 0.138 e. The number of unbranched alkanes of at least 4 members (excludes halogenated alkanes) is 2. The van der Waals surface area contributed by atoms with Crippen molar-refractivity contribution in [1.82, 2.24) is 10.3 Å². The second-order valence-electron chi connectivity index (χ2n) is 4.96. The second kappa shape index (κ2) is 8.55. The third kappa shape index (κ3) is 5.18. The van der Waals surface area contributed by atoms with Crippen LogP contribution >= 0.6 is 0 Å². The Kier molecular flexibility index (Phi) is 6.33. The topological polar surface area (TPSA) is 34.1 Å². The lowest BCUT2D eigenvalue weighted by molar-refractivity contribution is 0.276. The Morgan fingerprint density at radius 3 is 3.15 bits per heavy atom. The van der Waals surface area contributed by atoms with Gasteiger partial charge in [0.05, 0.1) is 12.9 Å². The molecule has 108 valence electrons. The van der Waals surface area contributed by atoms with Gasteiger partial charge in [0.15, 0.2) is 0 Å². The maximum absolute atomic E-state index is 11.9. The molecule has 3 nitrogen and oxygen atoms in total. The highest BCUT2D eigenvalue weighted by molar-refractivity contribution is 5.36. The number of rotatable bonds is 6. The first-order valence-electron chi connectivity index (χ1n) is 7.24. The number of hydrogen-bond acceptors (Lipinski definition) is 3. The van der Waals surface area contributed by atoms with Gasteiger partial charge in [-0.1, -0.05) is 11.8 Å². The molecule has 0 aromatic carbocycles. The van der Waals surface area contributed by atoms with E-state index in [0.29, 0.717) is 19.1 Å². The molecule has 0 bridgehead atoms. The van der Waals surface area contributed by atoms with Gasteiger partial charge >= 0.3 is 0 Å². The van der Waals surface area contributed by atoms with Crippen molar-refractivity contribution in [2.24, 2.45) is 0 Å². The van der Waals surface area contributed by atoms with E-state index in [9.17, 15) is 4.39 Å². The van der Waals surface area contributed by atoms with E-state index in [4.69, 9.17) is 4.74 Å². The Balaban J connectivity index is 1.80. The Labute approximate surface area is 119 Å². The molecule has 4 heteroatoms. The van der Waals surface area contributed by atoms with Crippen LogP contribution in [-0.2, 0) is 0 Å². The van der Waals surface area contributed by atoms with Crippen LogP contribution in [0.5, 0.6) is 5.75 Å². The maximum atomic E-state index is 11.9. The summed E-state index contributed by atoms with van der Waals surface area (Å²) in [4.78, 5) is 4.14. The van der Waals surface area contributed by atoms with Crippen molar-refractivity contribution >= 4 is 0 Å². The molecule has 2 rings (SSSR count). The van der Waals surface area contributed by atoms with Crippen LogP contribution in [0.15, 0.2) is 18.5 Å². The second-order valence-corrected chi connectivity index (χ2v) is 4.96.